The van der Waals surface area contributed by atoms with Crippen LogP contribution in [0, 0.1) is 0 Å². The van der Waals surface area contributed by atoms with Gasteiger partial charge in [-0.15, -0.1) is 5.10 Å². The summed E-state index contributed by atoms with van der Waals surface area (Å²) >= 11 is 5.67. The lowest BCUT2D eigenvalue weighted by Crippen LogP contribution is -2.06. The van der Waals surface area contributed by atoms with Gasteiger partial charge < -0.3 is 5.73 Å². The van der Waals surface area contributed by atoms with E-state index in [4.69, 9.17) is 17.3 Å². The summed E-state index contributed by atoms with van der Waals surface area (Å²) in [5.41, 5.74) is 5.29. The molecule has 0 aromatic carbocycles. The maximum absolute atomic E-state index is 5.67. The molecule has 0 spiro atoms. The molecule has 5 heteroatoms. The van der Waals surface area contributed by atoms with Gasteiger partial charge in [-0.2, -0.15) is 0 Å². The Balaban J connectivity index is 2.49. The van der Waals surface area contributed by atoms with Crippen molar-refractivity contribution in [3.05, 3.63) is 11.3 Å². The van der Waals surface area contributed by atoms with Crippen molar-refractivity contribution in [3.8, 4) is 0 Å². The summed E-state index contributed by atoms with van der Waals surface area (Å²) in [6.45, 7) is 1.39. The Hall–Kier alpha value is -0.610. The van der Waals surface area contributed by atoms with Crippen LogP contribution in [0.1, 0.15) is 6.42 Å². The van der Waals surface area contributed by atoms with Crippen molar-refractivity contribution >= 4 is 11.6 Å². The van der Waals surface area contributed by atoms with Gasteiger partial charge in [0.05, 0.1) is 6.20 Å². The van der Waals surface area contributed by atoms with Crippen molar-refractivity contribution in [3.63, 3.8) is 0 Å². The smallest absolute Gasteiger partial charge is 0.147 e. The average Bonchev–Trinajstić information content (AvgIpc) is 2.31. The van der Waals surface area contributed by atoms with E-state index >= 15 is 0 Å². The molecule has 0 saturated heterocycles. The van der Waals surface area contributed by atoms with Gasteiger partial charge in [0, 0.05) is 6.54 Å². The summed E-state index contributed by atoms with van der Waals surface area (Å²) in [6.07, 6.45) is 2.39. The minimum atomic E-state index is 0.563. The molecule has 0 bridgehead atoms. The third-order valence-corrected chi connectivity index (χ3v) is 1.44. The highest BCUT2D eigenvalue weighted by atomic mass is 35.5. The molecule has 0 aliphatic rings. The van der Waals surface area contributed by atoms with Crippen LogP contribution in [0.4, 0.5) is 0 Å². The molecule has 0 aliphatic heterocycles. The normalized spacial score (nSPS) is 10.2. The van der Waals surface area contributed by atoms with Gasteiger partial charge in [0.2, 0.25) is 0 Å². The number of nitrogens with two attached hydrogens (primary N) is 1. The molecule has 0 fully saturated rings. The monoisotopic (exact) mass is 160 g/mol. The number of aromatic nitrogens is 3. The van der Waals surface area contributed by atoms with E-state index in [-0.39, 0.29) is 0 Å². The third kappa shape index (κ3) is 1.68. The van der Waals surface area contributed by atoms with Crippen molar-refractivity contribution < 1.29 is 0 Å². The van der Waals surface area contributed by atoms with E-state index in [1.54, 1.807) is 4.68 Å². The molecule has 0 atom stereocenters. The van der Waals surface area contributed by atoms with Gasteiger partial charge in [-0.05, 0) is 13.0 Å². The maximum atomic E-state index is 5.67. The summed E-state index contributed by atoms with van der Waals surface area (Å²) in [5, 5.41) is 7.91. The first-order valence-corrected chi connectivity index (χ1v) is 3.46. The Morgan fingerprint density at radius 1 is 1.70 bits per heavy atom. The fourth-order valence-electron chi connectivity index (χ4n) is 0.638. The lowest BCUT2D eigenvalue weighted by molar-refractivity contribution is 0.565. The Kier molecular flexibility index (Phi) is 2.65. The molecule has 0 unspecified atom stereocenters. The molecule has 0 saturated carbocycles. The predicted octanol–water partition coefficient (Wildman–Crippen LogP) is 0.280. The summed E-state index contributed by atoms with van der Waals surface area (Å²) in [5.74, 6) is 0. The van der Waals surface area contributed by atoms with Gasteiger partial charge in [-0.1, -0.05) is 16.8 Å². The molecule has 0 amide bonds. The number of hydrogen-bond acceptors (Lipinski definition) is 3. The highest BCUT2D eigenvalue weighted by Gasteiger charge is 1.97. The number of aryl methyl sites for hydroxylation is 1. The van der Waals surface area contributed by atoms with Crippen LogP contribution in [-0.4, -0.2) is 21.5 Å². The first-order chi connectivity index (χ1) is 4.84. The second-order valence-electron chi connectivity index (χ2n) is 1.92. The van der Waals surface area contributed by atoms with Crippen molar-refractivity contribution in [2.24, 2.45) is 5.73 Å². The summed E-state index contributed by atoms with van der Waals surface area (Å²) in [6, 6.07) is 0. The van der Waals surface area contributed by atoms with Crippen LogP contribution >= 0.6 is 11.6 Å². The van der Waals surface area contributed by atoms with Crippen molar-refractivity contribution in [1.82, 2.24) is 15.0 Å². The topological polar surface area (TPSA) is 56.7 Å². The molecule has 10 heavy (non-hydrogen) atoms. The number of halogens is 1. The summed E-state index contributed by atoms with van der Waals surface area (Å²) in [4.78, 5) is 0. The van der Waals surface area contributed by atoms with E-state index in [2.05, 4.69) is 10.3 Å². The lowest BCUT2D eigenvalue weighted by atomic mass is 10.4. The first-order valence-electron chi connectivity index (χ1n) is 3.08. The summed E-state index contributed by atoms with van der Waals surface area (Å²) in [7, 11) is 0. The van der Waals surface area contributed by atoms with E-state index in [1.807, 2.05) is 0 Å². The molecule has 2 N–H and O–H groups in total. The van der Waals surface area contributed by atoms with Gasteiger partial charge >= 0.3 is 0 Å². The van der Waals surface area contributed by atoms with E-state index < -0.39 is 0 Å². The fraction of sp³-hybridized carbons (Fsp3) is 0.600. The van der Waals surface area contributed by atoms with Crippen LogP contribution in [0.15, 0.2) is 6.20 Å². The van der Waals surface area contributed by atoms with Crippen LogP contribution in [0.2, 0.25) is 5.15 Å². The Bertz CT molecular complexity index is 197. The fourth-order valence-corrected chi connectivity index (χ4v) is 0.800. The third-order valence-electron chi connectivity index (χ3n) is 1.14. The molecule has 56 valence electrons. The van der Waals surface area contributed by atoms with E-state index in [0.717, 1.165) is 13.0 Å². The van der Waals surface area contributed by atoms with Crippen LogP contribution in [0.25, 0.3) is 0 Å². The van der Waals surface area contributed by atoms with E-state index in [1.165, 1.54) is 6.20 Å². The zero-order chi connectivity index (χ0) is 7.40. The van der Waals surface area contributed by atoms with Crippen molar-refractivity contribution in [2.45, 2.75) is 13.0 Å². The standard InChI is InChI=1S/C5H9ClN4/c6-5-4-8-9-10(5)3-1-2-7/h4H,1-3,7H2. The minimum Gasteiger partial charge on any atom is -0.330 e. The molecule has 0 aliphatic carbocycles. The van der Waals surface area contributed by atoms with Gasteiger partial charge in [0.1, 0.15) is 5.15 Å². The molecule has 1 heterocycles. The second-order valence-corrected chi connectivity index (χ2v) is 2.31. The Morgan fingerprint density at radius 2 is 2.50 bits per heavy atom. The molecule has 1 rings (SSSR count). The molecule has 4 nitrogen and oxygen atoms in total. The van der Waals surface area contributed by atoms with Gasteiger partial charge in [-0.25, -0.2) is 4.68 Å². The zero-order valence-corrected chi connectivity index (χ0v) is 6.25. The van der Waals surface area contributed by atoms with Crippen LogP contribution in [0.3, 0.4) is 0 Å². The molecule has 1 aromatic rings. The van der Waals surface area contributed by atoms with Gasteiger partial charge in [0.25, 0.3) is 0 Å². The first kappa shape index (κ1) is 7.50. The lowest BCUT2D eigenvalue weighted by Gasteiger charge is -1.97. The largest absolute Gasteiger partial charge is 0.330 e. The van der Waals surface area contributed by atoms with E-state index in [0.29, 0.717) is 11.7 Å². The van der Waals surface area contributed by atoms with Gasteiger partial charge in [-0.3, -0.25) is 0 Å². The van der Waals surface area contributed by atoms with Gasteiger partial charge in [0.15, 0.2) is 0 Å². The van der Waals surface area contributed by atoms with Crippen LogP contribution < -0.4 is 5.73 Å². The summed E-state index contributed by atoms with van der Waals surface area (Å²) < 4.78 is 1.62. The average molecular weight is 161 g/mol. The number of hydrogen-bond donors (Lipinski definition) is 1. The highest BCUT2D eigenvalue weighted by Crippen LogP contribution is 2.03. The Morgan fingerprint density at radius 3 is 3.00 bits per heavy atom. The highest BCUT2D eigenvalue weighted by molar-refractivity contribution is 6.29. The Labute approximate surface area is 64.0 Å². The number of nitrogens with zero attached hydrogens (tertiary/aromatic N) is 3. The van der Waals surface area contributed by atoms with Crippen LogP contribution in [0.5, 0.6) is 0 Å². The molecule has 1 aromatic heterocycles. The molecular weight excluding hydrogens is 152 g/mol. The van der Waals surface area contributed by atoms with E-state index in [9.17, 15) is 0 Å². The predicted molar refractivity (Wildman–Crippen MR) is 38.7 cm³/mol. The second kappa shape index (κ2) is 3.53. The maximum Gasteiger partial charge on any atom is 0.147 e. The SMILES string of the molecule is NCCCn1nncc1Cl. The number of rotatable bonds is 3. The molecular formula is C5H9ClN4. The molecule has 0 radical (unpaired) electrons. The van der Waals surface area contributed by atoms with Crippen molar-refractivity contribution in [2.75, 3.05) is 6.54 Å². The quantitative estimate of drug-likeness (QED) is 0.691. The van der Waals surface area contributed by atoms with Crippen LogP contribution in [-0.2, 0) is 6.54 Å². The van der Waals surface area contributed by atoms with Crippen molar-refractivity contribution in [1.29, 1.82) is 0 Å². The zero-order valence-electron chi connectivity index (χ0n) is 5.50. The minimum absolute atomic E-state index is 0.563.